The van der Waals surface area contributed by atoms with Gasteiger partial charge in [0.05, 0.1) is 12.7 Å². The zero-order valence-corrected chi connectivity index (χ0v) is 18.0. The third-order valence-electron chi connectivity index (χ3n) is 5.64. The number of aliphatic hydroxyl groups is 1. The van der Waals surface area contributed by atoms with Crippen LogP contribution in [0.2, 0.25) is 0 Å². The summed E-state index contributed by atoms with van der Waals surface area (Å²) in [4.78, 5) is 27.6. The molecule has 3 aromatic rings. The standard InChI is InChI=1S/C25H21NO7/c1-14-3-9-19(33-14)22-21(23(27)15-4-10-18-20(13-15)32-12-11-31-18)24(28)25(29)26(22)16-5-7-17(30-2)8-6-16/h3-10,13,22,27H,11-12H2,1-2H3/b23-21-. The van der Waals surface area contributed by atoms with Crippen molar-refractivity contribution in [3.63, 3.8) is 0 Å². The zero-order chi connectivity index (χ0) is 23.1. The number of carbonyl (C=O) groups is 2. The van der Waals surface area contributed by atoms with Gasteiger partial charge in [-0.1, -0.05) is 0 Å². The van der Waals surface area contributed by atoms with Crippen LogP contribution in [0.1, 0.15) is 23.1 Å². The first-order valence-electron chi connectivity index (χ1n) is 10.4. The third kappa shape index (κ3) is 3.49. The molecule has 33 heavy (non-hydrogen) atoms. The molecular weight excluding hydrogens is 426 g/mol. The van der Waals surface area contributed by atoms with Crippen LogP contribution in [0.3, 0.4) is 0 Å². The number of fused-ring (bicyclic) bond motifs is 1. The number of methoxy groups -OCH3 is 1. The van der Waals surface area contributed by atoms with Gasteiger partial charge >= 0.3 is 0 Å². The molecule has 0 saturated carbocycles. The van der Waals surface area contributed by atoms with E-state index in [9.17, 15) is 14.7 Å². The molecule has 1 atom stereocenters. The number of ether oxygens (including phenoxy) is 3. The van der Waals surface area contributed by atoms with Crippen molar-refractivity contribution in [3.05, 3.63) is 77.3 Å². The Kier molecular flexibility index (Phi) is 5.05. The van der Waals surface area contributed by atoms with Crippen molar-refractivity contribution in [1.82, 2.24) is 0 Å². The molecule has 1 N–H and O–H groups in total. The average Bonchev–Trinajstić information content (AvgIpc) is 3.39. The predicted octanol–water partition coefficient (Wildman–Crippen LogP) is 3.99. The van der Waals surface area contributed by atoms with Crippen molar-refractivity contribution < 1.29 is 33.3 Å². The van der Waals surface area contributed by atoms with Crippen LogP contribution in [0.25, 0.3) is 5.76 Å². The van der Waals surface area contributed by atoms with Crippen molar-refractivity contribution in [2.45, 2.75) is 13.0 Å². The Morgan fingerprint density at radius 2 is 1.73 bits per heavy atom. The zero-order valence-electron chi connectivity index (χ0n) is 18.0. The highest BCUT2D eigenvalue weighted by Gasteiger charge is 2.48. The summed E-state index contributed by atoms with van der Waals surface area (Å²) in [6, 6.07) is 14.1. The Morgan fingerprint density at radius 1 is 1.00 bits per heavy atom. The summed E-state index contributed by atoms with van der Waals surface area (Å²) in [5.41, 5.74) is 0.736. The van der Waals surface area contributed by atoms with Crippen LogP contribution in [-0.4, -0.2) is 37.1 Å². The molecular formula is C25H21NO7. The first-order chi connectivity index (χ1) is 16.0. The lowest BCUT2D eigenvalue weighted by Gasteiger charge is -2.24. The number of ketones is 1. The minimum atomic E-state index is -0.944. The molecule has 1 aromatic heterocycles. The maximum Gasteiger partial charge on any atom is 0.300 e. The average molecular weight is 447 g/mol. The predicted molar refractivity (Wildman–Crippen MR) is 119 cm³/mol. The summed E-state index contributed by atoms with van der Waals surface area (Å²) < 4.78 is 22.1. The maximum absolute atomic E-state index is 13.2. The van der Waals surface area contributed by atoms with E-state index >= 15 is 0 Å². The van der Waals surface area contributed by atoms with E-state index in [1.54, 1.807) is 68.6 Å². The molecule has 1 amide bonds. The third-order valence-corrected chi connectivity index (χ3v) is 5.64. The van der Waals surface area contributed by atoms with Gasteiger partial charge in [-0.2, -0.15) is 0 Å². The molecule has 5 rings (SSSR count). The Balaban J connectivity index is 1.66. The van der Waals surface area contributed by atoms with Gasteiger partial charge in [-0.15, -0.1) is 0 Å². The van der Waals surface area contributed by atoms with Crippen LogP contribution in [0.15, 0.2) is 64.6 Å². The highest BCUT2D eigenvalue weighted by molar-refractivity contribution is 6.51. The van der Waals surface area contributed by atoms with Crippen LogP contribution in [0.4, 0.5) is 5.69 Å². The molecule has 168 valence electrons. The van der Waals surface area contributed by atoms with Crippen molar-refractivity contribution >= 4 is 23.1 Å². The molecule has 1 unspecified atom stereocenters. The summed E-state index contributed by atoms with van der Waals surface area (Å²) >= 11 is 0. The molecule has 0 aliphatic carbocycles. The molecule has 0 radical (unpaired) electrons. The Labute approximate surface area is 189 Å². The fourth-order valence-electron chi connectivity index (χ4n) is 4.06. The second-order valence-electron chi connectivity index (χ2n) is 7.67. The monoisotopic (exact) mass is 447 g/mol. The minimum Gasteiger partial charge on any atom is -0.507 e. The van der Waals surface area contributed by atoms with E-state index < -0.39 is 17.7 Å². The number of Topliss-reactive ketones (excluding diaryl/α,β-unsaturated/α-hetero) is 1. The Hall–Kier alpha value is -4.20. The Bertz CT molecular complexity index is 1270. The van der Waals surface area contributed by atoms with E-state index in [0.29, 0.717) is 53.2 Å². The molecule has 2 aliphatic heterocycles. The largest absolute Gasteiger partial charge is 0.507 e. The number of hydrogen-bond acceptors (Lipinski definition) is 7. The number of benzene rings is 2. The van der Waals surface area contributed by atoms with Crippen LogP contribution in [0, 0.1) is 6.92 Å². The van der Waals surface area contributed by atoms with E-state index in [-0.39, 0.29) is 11.3 Å². The molecule has 0 spiro atoms. The van der Waals surface area contributed by atoms with E-state index in [1.165, 1.54) is 4.90 Å². The summed E-state index contributed by atoms with van der Waals surface area (Å²) in [5.74, 6) is 0.703. The molecule has 8 nitrogen and oxygen atoms in total. The summed E-state index contributed by atoms with van der Waals surface area (Å²) in [6.45, 7) is 2.58. The van der Waals surface area contributed by atoms with E-state index in [2.05, 4.69) is 0 Å². The van der Waals surface area contributed by atoms with Gasteiger partial charge in [-0.3, -0.25) is 14.5 Å². The number of hydrogen-bond donors (Lipinski definition) is 1. The Morgan fingerprint density at radius 3 is 2.39 bits per heavy atom. The lowest BCUT2D eigenvalue weighted by molar-refractivity contribution is -0.132. The number of rotatable bonds is 4. The van der Waals surface area contributed by atoms with Gasteiger partial charge in [-0.05, 0) is 61.5 Å². The molecule has 3 heterocycles. The van der Waals surface area contributed by atoms with Gasteiger partial charge < -0.3 is 23.7 Å². The van der Waals surface area contributed by atoms with Gasteiger partial charge in [0.15, 0.2) is 11.5 Å². The number of amides is 1. The molecule has 1 saturated heterocycles. The molecule has 1 fully saturated rings. The summed E-state index contributed by atoms with van der Waals surface area (Å²) in [5, 5.41) is 11.2. The van der Waals surface area contributed by atoms with Crippen molar-refractivity contribution in [3.8, 4) is 17.2 Å². The number of aliphatic hydroxyl groups excluding tert-OH is 1. The van der Waals surface area contributed by atoms with Crippen LogP contribution in [-0.2, 0) is 9.59 Å². The quantitative estimate of drug-likeness (QED) is 0.367. The topological polar surface area (TPSA) is 98.4 Å². The second-order valence-corrected chi connectivity index (χ2v) is 7.67. The lowest BCUT2D eigenvalue weighted by atomic mass is 9.99. The van der Waals surface area contributed by atoms with Crippen LogP contribution in [0.5, 0.6) is 17.2 Å². The highest BCUT2D eigenvalue weighted by atomic mass is 16.6. The van der Waals surface area contributed by atoms with Crippen LogP contribution >= 0.6 is 0 Å². The molecule has 2 aromatic carbocycles. The molecule has 0 bridgehead atoms. The fraction of sp³-hybridized carbons (Fsp3) is 0.200. The maximum atomic E-state index is 13.2. The van der Waals surface area contributed by atoms with E-state index in [0.717, 1.165) is 0 Å². The van der Waals surface area contributed by atoms with Gasteiger partial charge in [0.2, 0.25) is 0 Å². The first kappa shape index (κ1) is 20.7. The first-order valence-corrected chi connectivity index (χ1v) is 10.4. The van der Waals surface area contributed by atoms with Crippen molar-refractivity contribution in [2.75, 3.05) is 25.2 Å². The van der Waals surface area contributed by atoms with E-state index in [4.69, 9.17) is 18.6 Å². The minimum absolute atomic E-state index is 0.0677. The van der Waals surface area contributed by atoms with Crippen molar-refractivity contribution in [1.29, 1.82) is 0 Å². The summed E-state index contributed by atoms with van der Waals surface area (Å²) in [7, 11) is 1.54. The SMILES string of the molecule is COc1ccc(N2C(=O)C(=O)/C(=C(\O)c3ccc4c(c3)OCCO4)C2c2ccc(C)o2)cc1. The molecule has 8 heteroatoms. The smallest absolute Gasteiger partial charge is 0.300 e. The van der Waals surface area contributed by atoms with Gasteiger partial charge in [0, 0.05) is 11.3 Å². The van der Waals surface area contributed by atoms with Gasteiger partial charge in [0.25, 0.3) is 11.7 Å². The van der Waals surface area contributed by atoms with Gasteiger partial charge in [-0.25, -0.2) is 0 Å². The number of aryl methyl sites for hydroxylation is 1. The molecule has 2 aliphatic rings. The second kappa shape index (κ2) is 8.05. The normalized spacial score (nSPS) is 19.1. The van der Waals surface area contributed by atoms with Crippen molar-refractivity contribution in [2.24, 2.45) is 0 Å². The highest BCUT2D eigenvalue weighted by Crippen LogP contribution is 2.43. The number of nitrogens with zero attached hydrogens (tertiary/aromatic N) is 1. The van der Waals surface area contributed by atoms with Crippen LogP contribution < -0.4 is 19.1 Å². The number of furan rings is 1. The number of carbonyl (C=O) groups excluding carboxylic acids is 2. The number of anilines is 1. The lowest BCUT2D eigenvalue weighted by Crippen LogP contribution is -2.29. The van der Waals surface area contributed by atoms with Gasteiger partial charge in [0.1, 0.15) is 42.3 Å². The van der Waals surface area contributed by atoms with E-state index in [1.807, 2.05) is 0 Å². The summed E-state index contributed by atoms with van der Waals surface area (Å²) in [6.07, 6.45) is 0. The fourth-order valence-corrected chi connectivity index (χ4v) is 4.06.